The van der Waals surface area contributed by atoms with Gasteiger partial charge in [-0.05, 0) is 36.1 Å². The van der Waals surface area contributed by atoms with Gasteiger partial charge in [0.15, 0.2) is 0 Å². The lowest BCUT2D eigenvalue weighted by Crippen LogP contribution is -2.25. The molecule has 6 heteroatoms. The van der Waals surface area contributed by atoms with Crippen LogP contribution in [0.5, 0.6) is 5.75 Å². The summed E-state index contributed by atoms with van der Waals surface area (Å²) in [5.74, 6) is -0.0591. The molecule has 0 unspecified atom stereocenters. The van der Waals surface area contributed by atoms with E-state index in [2.05, 4.69) is 4.72 Å². The number of hydrogen-bond acceptors (Lipinski definition) is 4. The van der Waals surface area contributed by atoms with Crippen LogP contribution in [0.4, 0.5) is 0 Å². The molecule has 18 heavy (non-hydrogen) atoms. The van der Waals surface area contributed by atoms with Gasteiger partial charge in [0.25, 0.3) is 0 Å². The first-order chi connectivity index (χ1) is 8.58. The van der Waals surface area contributed by atoms with Crippen molar-refractivity contribution in [3.8, 4) is 5.75 Å². The summed E-state index contributed by atoms with van der Waals surface area (Å²) in [4.78, 5) is 1.21. The highest BCUT2D eigenvalue weighted by atomic mass is 32.2. The van der Waals surface area contributed by atoms with Gasteiger partial charge in [0.1, 0.15) is 5.75 Å². The molecule has 0 aliphatic carbocycles. The van der Waals surface area contributed by atoms with Crippen molar-refractivity contribution in [3.63, 3.8) is 0 Å². The van der Waals surface area contributed by atoms with E-state index in [9.17, 15) is 13.5 Å². The minimum absolute atomic E-state index is 0.0591. The molecule has 0 saturated heterocycles. The number of sulfonamides is 1. The van der Waals surface area contributed by atoms with Crippen molar-refractivity contribution in [3.05, 3.63) is 46.7 Å². The topological polar surface area (TPSA) is 66.4 Å². The third-order valence-electron chi connectivity index (χ3n) is 2.37. The van der Waals surface area contributed by atoms with Crippen LogP contribution in [0.3, 0.4) is 0 Å². The number of nitrogens with one attached hydrogen (secondary N) is 1. The van der Waals surface area contributed by atoms with Crippen molar-refractivity contribution < 1.29 is 13.5 Å². The van der Waals surface area contributed by atoms with Crippen molar-refractivity contribution >= 4 is 21.4 Å². The number of thiophene rings is 1. The SMILES string of the molecule is O=S(=O)(NCCc1cccs1)c1cccc(O)c1. The monoisotopic (exact) mass is 283 g/mol. The second-order valence-electron chi connectivity index (χ2n) is 3.72. The first kappa shape index (κ1) is 13.1. The van der Waals surface area contributed by atoms with Gasteiger partial charge in [0.2, 0.25) is 10.0 Å². The summed E-state index contributed by atoms with van der Waals surface area (Å²) in [6.07, 6.45) is 0.662. The van der Waals surface area contributed by atoms with Crippen LogP contribution < -0.4 is 4.72 Å². The van der Waals surface area contributed by atoms with Gasteiger partial charge in [-0.25, -0.2) is 13.1 Å². The predicted octanol–water partition coefficient (Wildman–Crippen LogP) is 1.97. The van der Waals surface area contributed by atoms with E-state index in [0.717, 1.165) is 4.88 Å². The second kappa shape index (κ2) is 5.51. The lowest BCUT2D eigenvalue weighted by molar-refractivity contribution is 0.473. The molecule has 0 atom stereocenters. The highest BCUT2D eigenvalue weighted by Gasteiger charge is 2.13. The number of hydrogen-bond donors (Lipinski definition) is 2. The standard InChI is InChI=1S/C12H13NO3S2/c14-10-3-1-5-12(9-10)18(15,16)13-7-6-11-4-2-8-17-11/h1-5,8-9,13-14H,6-7H2. The largest absolute Gasteiger partial charge is 0.508 e. The van der Waals surface area contributed by atoms with Gasteiger partial charge in [-0.2, -0.15) is 0 Å². The molecule has 0 spiro atoms. The van der Waals surface area contributed by atoms with Gasteiger partial charge < -0.3 is 5.11 Å². The maximum absolute atomic E-state index is 11.9. The molecule has 4 nitrogen and oxygen atoms in total. The Morgan fingerprint density at radius 3 is 2.72 bits per heavy atom. The third kappa shape index (κ3) is 3.32. The van der Waals surface area contributed by atoms with Crippen molar-refractivity contribution in [2.75, 3.05) is 6.54 Å². The van der Waals surface area contributed by atoms with Gasteiger partial charge in [-0.3, -0.25) is 0 Å². The summed E-state index contributed by atoms with van der Waals surface area (Å²) < 4.78 is 26.3. The van der Waals surface area contributed by atoms with Crippen LogP contribution in [0.15, 0.2) is 46.7 Å². The molecule has 0 radical (unpaired) electrons. The summed E-state index contributed by atoms with van der Waals surface area (Å²) in [5.41, 5.74) is 0. The molecule has 96 valence electrons. The van der Waals surface area contributed by atoms with Gasteiger partial charge in [0, 0.05) is 11.4 Å². The van der Waals surface area contributed by atoms with Crippen molar-refractivity contribution in [2.45, 2.75) is 11.3 Å². The zero-order valence-electron chi connectivity index (χ0n) is 9.54. The lowest BCUT2D eigenvalue weighted by Gasteiger charge is -2.06. The highest BCUT2D eigenvalue weighted by Crippen LogP contribution is 2.15. The molecule has 0 amide bonds. The molecule has 0 fully saturated rings. The van der Waals surface area contributed by atoms with Gasteiger partial charge >= 0.3 is 0 Å². The maximum atomic E-state index is 11.9. The molecule has 2 rings (SSSR count). The number of phenolic OH excluding ortho intramolecular Hbond substituents is 1. The van der Waals surface area contributed by atoms with E-state index in [1.54, 1.807) is 11.3 Å². The Balaban J connectivity index is 1.99. The van der Waals surface area contributed by atoms with Gasteiger partial charge in [-0.1, -0.05) is 12.1 Å². The fraction of sp³-hybridized carbons (Fsp3) is 0.167. The molecule has 1 heterocycles. The number of rotatable bonds is 5. The van der Waals surface area contributed by atoms with E-state index >= 15 is 0 Å². The van der Waals surface area contributed by atoms with Crippen molar-refractivity contribution in [1.82, 2.24) is 4.72 Å². The van der Waals surface area contributed by atoms with Gasteiger partial charge in [-0.15, -0.1) is 11.3 Å². The summed E-state index contributed by atoms with van der Waals surface area (Å²) in [6, 6.07) is 9.52. The quantitative estimate of drug-likeness (QED) is 0.881. The van der Waals surface area contributed by atoms with Crippen molar-refractivity contribution in [2.24, 2.45) is 0 Å². The Hall–Kier alpha value is -1.37. The van der Waals surface area contributed by atoms with Crippen LogP contribution in [-0.4, -0.2) is 20.1 Å². The Morgan fingerprint density at radius 1 is 1.22 bits per heavy atom. The van der Waals surface area contributed by atoms with Gasteiger partial charge in [0.05, 0.1) is 4.90 Å². The Labute approximate surface area is 110 Å². The average molecular weight is 283 g/mol. The highest BCUT2D eigenvalue weighted by molar-refractivity contribution is 7.89. The lowest BCUT2D eigenvalue weighted by atomic mass is 10.3. The normalized spacial score (nSPS) is 11.6. The number of phenols is 1. The van der Waals surface area contributed by atoms with E-state index in [-0.39, 0.29) is 10.6 Å². The molecule has 2 N–H and O–H groups in total. The molecule has 0 aliphatic rings. The van der Waals surface area contributed by atoms with Crippen molar-refractivity contribution in [1.29, 1.82) is 0 Å². The third-order valence-corrected chi connectivity index (χ3v) is 4.77. The summed E-state index contributed by atoms with van der Waals surface area (Å²) in [5, 5.41) is 11.2. The van der Waals surface area contributed by atoms with E-state index in [0.29, 0.717) is 13.0 Å². The molecule has 2 aromatic rings. The zero-order valence-corrected chi connectivity index (χ0v) is 11.2. The van der Waals surface area contributed by atoms with Crippen LogP contribution in [0.1, 0.15) is 4.88 Å². The molecule has 0 aliphatic heterocycles. The van der Waals surface area contributed by atoms with Crippen LogP contribution in [0.25, 0.3) is 0 Å². The minimum Gasteiger partial charge on any atom is -0.508 e. The predicted molar refractivity (Wildman–Crippen MR) is 71.3 cm³/mol. The zero-order chi connectivity index (χ0) is 13.0. The molecule has 0 saturated carbocycles. The van der Waals surface area contributed by atoms with Crippen LogP contribution in [0, 0.1) is 0 Å². The van der Waals surface area contributed by atoms with E-state index < -0.39 is 10.0 Å². The Morgan fingerprint density at radius 2 is 2.06 bits per heavy atom. The second-order valence-corrected chi connectivity index (χ2v) is 6.52. The minimum atomic E-state index is -3.54. The molecule has 1 aromatic heterocycles. The molecule has 1 aromatic carbocycles. The fourth-order valence-corrected chi connectivity index (χ4v) is 3.28. The van der Waals surface area contributed by atoms with Crippen LogP contribution >= 0.6 is 11.3 Å². The first-order valence-corrected chi connectivity index (χ1v) is 7.75. The number of benzene rings is 1. The average Bonchev–Trinajstić information content (AvgIpc) is 2.82. The molecular weight excluding hydrogens is 270 g/mol. The fourth-order valence-electron chi connectivity index (χ4n) is 1.50. The summed E-state index contributed by atoms with van der Waals surface area (Å²) >= 11 is 1.60. The van der Waals surface area contributed by atoms with Crippen LogP contribution in [-0.2, 0) is 16.4 Å². The summed E-state index contributed by atoms with van der Waals surface area (Å²) in [7, 11) is -3.54. The molecular formula is C12H13NO3S2. The van der Waals surface area contributed by atoms with E-state index in [1.807, 2.05) is 17.5 Å². The van der Waals surface area contributed by atoms with Crippen LogP contribution in [0.2, 0.25) is 0 Å². The smallest absolute Gasteiger partial charge is 0.240 e. The Kier molecular flexibility index (Phi) is 4.00. The van der Waals surface area contributed by atoms with E-state index in [4.69, 9.17) is 0 Å². The maximum Gasteiger partial charge on any atom is 0.240 e. The summed E-state index contributed by atoms with van der Waals surface area (Å²) in [6.45, 7) is 0.346. The molecule has 0 bridgehead atoms. The number of aromatic hydroxyl groups is 1. The van der Waals surface area contributed by atoms with E-state index in [1.165, 1.54) is 24.3 Å². The Bertz CT molecular complexity index is 606. The first-order valence-electron chi connectivity index (χ1n) is 5.39.